The zero-order valence-corrected chi connectivity index (χ0v) is 17.0. The summed E-state index contributed by atoms with van der Waals surface area (Å²) >= 11 is 2.19. The monoisotopic (exact) mass is 483 g/mol. The molecular formula is C21H14IN3O3. The van der Waals surface area contributed by atoms with Gasteiger partial charge in [-0.3, -0.25) is 4.79 Å². The van der Waals surface area contributed by atoms with Crippen molar-refractivity contribution in [2.75, 3.05) is 0 Å². The maximum absolute atomic E-state index is 12.3. The van der Waals surface area contributed by atoms with Gasteiger partial charge in [0.25, 0.3) is 0 Å². The van der Waals surface area contributed by atoms with Crippen molar-refractivity contribution in [2.45, 2.75) is 6.92 Å². The number of aromatic nitrogens is 2. The third-order valence-electron chi connectivity index (χ3n) is 4.10. The summed E-state index contributed by atoms with van der Waals surface area (Å²) < 4.78 is 7.60. The van der Waals surface area contributed by atoms with Crippen LogP contribution in [0.4, 0.5) is 0 Å². The van der Waals surface area contributed by atoms with Gasteiger partial charge in [0, 0.05) is 33.4 Å². The zero-order valence-electron chi connectivity index (χ0n) is 14.8. The van der Waals surface area contributed by atoms with E-state index in [1.165, 1.54) is 11.6 Å². The Morgan fingerprint density at radius 1 is 1.11 bits per heavy atom. The molecule has 0 N–H and O–H groups in total. The molecule has 0 amide bonds. The van der Waals surface area contributed by atoms with E-state index in [9.17, 15) is 9.59 Å². The molecule has 2 heterocycles. The van der Waals surface area contributed by atoms with Crippen molar-refractivity contribution in [1.29, 1.82) is 0 Å². The van der Waals surface area contributed by atoms with Crippen LogP contribution in [0.3, 0.4) is 0 Å². The highest BCUT2D eigenvalue weighted by molar-refractivity contribution is 14.1. The number of halogens is 1. The lowest BCUT2D eigenvalue weighted by Gasteiger charge is -1.99. The smallest absolute Gasteiger partial charge is 0.363 e. The lowest BCUT2D eigenvalue weighted by Crippen LogP contribution is -2.05. The van der Waals surface area contributed by atoms with Crippen LogP contribution >= 0.6 is 22.6 Å². The fourth-order valence-electron chi connectivity index (χ4n) is 2.78. The van der Waals surface area contributed by atoms with Gasteiger partial charge in [-0.05, 0) is 46.9 Å². The number of hydrogen-bond acceptors (Lipinski definition) is 5. The summed E-state index contributed by atoms with van der Waals surface area (Å²) in [6.45, 7) is 1.43. The molecule has 0 unspecified atom stereocenters. The molecule has 0 bridgehead atoms. The number of aliphatic imine (C=N–C) groups is 1. The number of cyclic esters (lactones) is 1. The van der Waals surface area contributed by atoms with Crippen LogP contribution in [0.25, 0.3) is 17.3 Å². The molecule has 2 aromatic carbocycles. The largest absolute Gasteiger partial charge is 0.402 e. The number of hydrogen-bond donors (Lipinski definition) is 0. The summed E-state index contributed by atoms with van der Waals surface area (Å²) in [5.74, 6) is -0.502. The number of carbonyl (C=O) groups is 2. The van der Waals surface area contributed by atoms with Gasteiger partial charge in [0.2, 0.25) is 11.8 Å². The van der Waals surface area contributed by atoms with Crippen LogP contribution in [-0.2, 0) is 9.53 Å². The molecule has 3 aromatic rings. The average molecular weight is 483 g/mol. The van der Waals surface area contributed by atoms with Crippen LogP contribution in [0.1, 0.15) is 22.8 Å². The van der Waals surface area contributed by atoms with Gasteiger partial charge in [-0.1, -0.05) is 36.4 Å². The van der Waals surface area contributed by atoms with Crippen LogP contribution in [0.15, 0.2) is 71.5 Å². The Labute approximate surface area is 174 Å². The van der Waals surface area contributed by atoms with E-state index < -0.39 is 5.97 Å². The first kappa shape index (κ1) is 18.3. The Hall–Kier alpha value is -3.07. The normalized spacial score (nSPS) is 14.9. The van der Waals surface area contributed by atoms with Crippen molar-refractivity contribution in [3.8, 4) is 11.3 Å². The molecule has 0 spiro atoms. The highest BCUT2D eigenvalue weighted by Gasteiger charge is 2.25. The van der Waals surface area contributed by atoms with Crippen molar-refractivity contribution in [3.05, 3.63) is 81.2 Å². The molecule has 1 aliphatic heterocycles. The van der Waals surface area contributed by atoms with E-state index in [2.05, 4.69) is 32.7 Å². The summed E-state index contributed by atoms with van der Waals surface area (Å²) in [5, 5.41) is 4.36. The maximum Gasteiger partial charge on any atom is 0.363 e. The lowest BCUT2D eigenvalue weighted by atomic mass is 10.1. The predicted octanol–water partition coefficient (Wildman–Crippen LogP) is 4.16. The molecule has 138 valence electrons. The topological polar surface area (TPSA) is 73.6 Å². The average Bonchev–Trinajstić information content (AvgIpc) is 3.27. The Balaban J connectivity index is 1.78. The van der Waals surface area contributed by atoms with E-state index in [1.54, 1.807) is 12.3 Å². The summed E-state index contributed by atoms with van der Waals surface area (Å²) in [4.78, 5) is 28.5. The maximum atomic E-state index is 12.3. The summed E-state index contributed by atoms with van der Waals surface area (Å²) in [5.41, 5.74) is 2.93. The first-order valence-electron chi connectivity index (χ1n) is 8.46. The second-order valence-corrected chi connectivity index (χ2v) is 7.35. The Morgan fingerprint density at radius 2 is 1.86 bits per heavy atom. The predicted molar refractivity (Wildman–Crippen MR) is 114 cm³/mol. The van der Waals surface area contributed by atoms with Crippen LogP contribution in [0.2, 0.25) is 0 Å². The molecule has 0 aliphatic carbocycles. The zero-order chi connectivity index (χ0) is 19.7. The second-order valence-electron chi connectivity index (χ2n) is 6.11. The minimum absolute atomic E-state index is 0.161. The third kappa shape index (κ3) is 3.65. The number of carbonyl (C=O) groups excluding carboxylic acids is 2. The number of esters is 1. The number of nitrogens with zero attached hydrogens (tertiary/aromatic N) is 3. The van der Waals surface area contributed by atoms with Crippen LogP contribution in [0.5, 0.6) is 0 Å². The SMILES string of the molecule is CC(=O)n1cc(/C=C2/N=C(c3cccc(I)c3)OC2=O)c(-c2ccccc2)n1. The van der Waals surface area contributed by atoms with Crippen molar-refractivity contribution in [2.24, 2.45) is 4.99 Å². The molecule has 28 heavy (non-hydrogen) atoms. The van der Waals surface area contributed by atoms with E-state index >= 15 is 0 Å². The minimum Gasteiger partial charge on any atom is -0.402 e. The Bertz CT molecular complexity index is 1150. The minimum atomic E-state index is -0.538. The van der Waals surface area contributed by atoms with Gasteiger partial charge < -0.3 is 4.74 Å². The second kappa shape index (κ2) is 7.51. The molecule has 0 fully saturated rings. The summed E-state index contributed by atoms with van der Waals surface area (Å²) in [6, 6.07) is 17.0. The molecule has 0 saturated heterocycles. The molecule has 1 aromatic heterocycles. The van der Waals surface area contributed by atoms with E-state index in [0.717, 1.165) is 14.7 Å². The molecule has 0 atom stereocenters. The molecule has 0 saturated carbocycles. The van der Waals surface area contributed by atoms with E-state index in [0.29, 0.717) is 11.3 Å². The highest BCUT2D eigenvalue weighted by atomic mass is 127. The van der Waals surface area contributed by atoms with Crippen molar-refractivity contribution in [3.63, 3.8) is 0 Å². The fraction of sp³-hybridized carbons (Fsp3) is 0.0476. The number of benzene rings is 2. The fourth-order valence-corrected chi connectivity index (χ4v) is 3.32. The summed E-state index contributed by atoms with van der Waals surface area (Å²) in [6.07, 6.45) is 3.18. The van der Waals surface area contributed by atoms with Crippen molar-refractivity contribution in [1.82, 2.24) is 9.78 Å². The van der Waals surface area contributed by atoms with Gasteiger partial charge in [0.05, 0.1) is 0 Å². The van der Waals surface area contributed by atoms with Crippen molar-refractivity contribution < 1.29 is 14.3 Å². The van der Waals surface area contributed by atoms with Gasteiger partial charge in [-0.25, -0.2) is 14.5 Å². The molecule has 6 nitrogen and oxygen atoms in total. The first-order valence-corrected chi connectivity index (χ1v) is 9.53. The van der Waals surface area contributed by atoms with Crippen LogP contribution in [-0.4, -0.2) is 27.6 Å². The number of ether oxygens (including phenoxy) is 1. The van der Waals surface area contributed by atoms with Crippen LogP contribution < -0.4 is 0 Å². The van der Waals surface area contributed by atoms with E-state index in [4.69, 9.17) is 4.74 Å². The van der Waals surface area contributed by atoms with E-state index in [-0.39, 0.29) is 17.5 Å². The quantitative estimate of drug-likeness (QED) is 0.319. The Kier molecular flexibility index (Phi) is 4.91. The van der Waals surface area contributed by atoms with Gasteiger partial charge in [-0.15, -0.1) is 0 Å². The molecule has 1 aliphatic rings. The van der Waals surface area contributed by atoms with Gasteiger partial charge >= 0.3 is 5.97 Å². The van der Waals surface area contributed by atoms with Crippen LogP contribution in [0, 0.1) is 3.57 Å². The first-order chi connectivity index (χ1) is 13.5. The molecule has 7 heteroatoms. The van der Waals surface area contributed by atoms with Gasteiger partial charge in [-0.2, -0.15) is 5.10 Å². The number of rotatable bonds is 3. The third-order valence-corrected chi connectivity index (χ3v) is 4.77. The lowest BCUT2D eigenvalue weighted by molar-refractivity contribution is -0.129. The highest BCUT2D eigenvalue weighted by Crippen LogP contribution is 2.26. The van der Waals surface area contributed by atoms with Gasteiger partial charge in [0.15, 0.2) is 5.70 Å². The van der Waals surface area contributed by atoms with Gasteiger partial charge in [0.1, 0.15) is 5.69 Å². The Morgan fingerprint density at radius 3 is 2.57 bits per heavy atom. The molecule has 4 rings (SSSR count). The molecule has 0 radical (unpaired) electrons. The molecular weight excluding hydrogens is 469 g/mol. The summed E-state index contributed by atoms with van der Waals surface area (Å²) in [7, 11) is 0. The van der Waals surface area contributed by atoms with Crippen molar-refractivity contribution >= 4 is 46.4 Å². The standard InChI is InChI=1S/C21H14IN3O3/c1-13(26)25-12-16(19(24-25)14-6-3-2-4-7-14)11-18-21(27)28-20(23-18)15-8-5-9-17(22)10-15/h2-12H,1H3/b18-11+. The van der Waals surface area contributed by atoms with E-state index in [1.807, 2.05) is 54.6 Å².